The molecule has 0 spiro atoms. The smallest absolute Gasteiger partial charge is 0.151 e. The Bertz CT molecular complexity index is 868. The van der Waals surface area contributed by atoms with Gasteiger partial charge in [0, 0.05) is 61.7 Å². The van der Waals surface area contributed by atoms with Gasteiger partial charge in [-0.05, 0) is 37.1 Å². The molecule has 0 amide bonds. The van der Waals surface area contributed by atoms with E-state index in [9.17, 15) is 4.79 Å². The predicted octanol–water partition coefficient (Wildman–Crippen LogP) is 2.04. The first kappa shape index (κ1) is 17.4. The van der Waals surface area contributed by atoms with Crippen molar-refractivity contribution in [2.24, 2.45) is 13.0 Å². The molecule has 2 aromatic rings. The molecular formula is C22H29N3O2. The highest BCUT2D eigenvalue weighted by molar-refractivity contribution is 5.89. The van der Waals surface area contributed by atoms with Crippen molar-refractivity contribution < 1.29 is 9.53 Å². The molecule has 0 radical (unpaired) electrons. The van der Waals surface area contributed by atoms with Gasteiger partial charge in [0.2, 0.25) is 0 Å². The second kappa shape index (κ2) is 6.73. The number of Topliss-reactive ketones (excluding diaryl/α,β-unsaturated/α-hetero) is 1. The van der Waals surface area contributed by atoms with Gasteiger partial charge in [0.1, 0.15) is 0 Å². The average molecular weight is 367 g/mol. The molecule has 2 saturated heterocycles. The van der Waals surface area contributed by atoms with Crippen molar-refractivity contribution >= 4 is 16.7 Å². The van der Waals surface area contributed by atoms with Gasteiger partial charge in [-0.3, -0.25) is 9.69 Å². The Morgan fingerprint density at radius 2 is 2.04 bits per heavy atom. The van der Waals surface area contributed by atoms with E-state index in [0.29, 0.717) is 24.3 Å². The number of benzene rings is 1. The molecule has 144 valence electrons. The van der Waals surface area contributed by atoms with Crippen LogP contribution in [0.1, 0.15) is 23.5 Å². The molecular weight excluding hydrogens is 338 g/mol. The zero-order chi connectivity index (χ0) is 18.5. The van der Waals surface area contributed by atoms with Crippen molar-refractivity contribution in [3.8, 4) is 0 Å². The van der Waals surface area contributed by atoms with Crippen molar-refractivity contribution in [2.75, 3.05) is 46.4 Å². The van der Waals surface area contributed by atoms with Crippen LogP contribution >= 0.6 is 0 Å². The van der Waals surface area contributed by atoms with Gasteiger partial charge in [-0.1, -0.05) is 12.1 Å². The lowest BCUT2D eigenvalue weighted by molar-refractivity contribution is -0.127. The van der Waals surface area contributed by atoms with Crippen LogP contribution in [-0.2, 0) is 23.0 Å². The lowest BCUT2D eigenvalue weighted by Crippen LogP contribution is -2.51. The zero-order valence-corrected chi connectivity index (χ0v) is 16.4. The quantitative estimate of drug-likeness (QED) is 0.832. The first-order valence-corrected chi connectivity index (χ1v) is 10.2. The summed E-state index contributed by atoms with van der Waals surface area (Å²) in [5.74, 6) is 1.01. The second-order valence-corrected chi connectivity index (χ2v) is 8.61. The normalized spacial score (nSPS) is 29.0. The standard InChI is InChI=1S/C22H29N3O2/c1-23-13-16-11-20-18(17-4-3-5-19(23)22(16)17)10-15(12-24(20)2)21(26)14-25-6-8-27-9-7-25/h3-5,13,15,18,20H,6-12,14H2,1-2H3/t15-,18-,20-/m1/s1. The molecule has 1 aromatic carbocycles. The second-order valence-electron chi connectivity index (χ2n) is 8.61. The number of piperidine rings is 1. The summed E-state index contributed by atoms with van der Waals surface area (Å²) in [6.45, 7) is 4.74. The number of nitrogens with zero attached hydrogens (tertiary/aromatic N) is 3. The third-order valence-corrected chi connectivity index (χ3v) is 6.97. The molecule has 2 aliphatic heterocycles. The number of ether oxygens (including phenoxy) is 1. The number of hydrogen-bond acceptors (Lipinski definition) is 4. The Morgan fingerprint density at radius 1 is 1.22 bits per heavy atom. The van der Waals surface area contributed by atoms with E-state index in [1.165, 1.54) is 22.0 Å². The van der Waals surface area contributed by atoms with E-state index in [0.717, 1.165) is 45.7 Å². The molecule has 2 fully saturated rings. The van der Waals surface area contributed by atoms with Gasteiger partial charge in [0.05, 0.1) is 19.8 Å². The van der Waals surface area contributed by atoms with Gasteiger partial charge in [-0.15, -0.1) is 0 Å². The van der Waals surface area contributed by atoms with Crippen LogP contribution in [0.4, 0.5) is 0 Å². The number of carbonyl (C=O) groups excluding carboxylic acids is 1. The summed E-state index contributed by atoms with van der Waals surface area (Å²) in [5, 5.41) is 1.44. The first-order chi connectivity index (χ1) is 13.1. The fourth-order valence-corrected chi connectivity index (χ4v) is 5.56. The highest BCUT2D eigenvalue weighted by Crippen LogP contribution is 2.44. The summed E-state index contributed by atoms with van der Waals surface area (Å²) in [5.41, 5.74) is 4.25. The Labute approximate surface area is 160 Å². The topological polar surface area (TPSA) is 37.7 Å². The van der Waals surface area contributed by atoms with Crippen LogP contribution in [0.15, 0.2) is 24.4 Å². The maximum Gasteiger partial charge on any atom is 0.151 e. The first-order valence-electron chi connectivity index (χ1n) is 10.2. The maximum absolute atomic E-state index is 13.1. The molecule has 0 bridgehead atoms. The molecule has 1 aliphatic carbocycles. The summed E-state index contributed by atoms with van der Waals surface area (Å²) in [6.07, 6.45) is 4.39. The van der Waals surface area contributed by atoms with Gasteiger partial charge < -0.3 is 14.2 Å². The minimum atomic E-state index is 0.139. The van der Waals surface area contributed by atoms with E-state index in [-0.39, 0.29) is 5.92 Å². The lowest BCUT2D eigenvalue weighted by Gasteiger charge is -2.45. The molecule has 5 heteroatoms. The van der Waals surface area contributed by atoms with Crippen molar-refractivity contribution in [3.63, 3.8) is 0 Å². The molecule has 0 N–H and O–H groups in total. The predicted molar refractivity (Wildman–Crippen MR) is 106 cm³/mol. The third kappa shape index (κ3) is 2.93. The largest absolute Gasteiger partial charge is 0.379 e. The summed E-state index contributed by atoms with van der Waals surface area (Å²) < 4.78 is 7.68. The highest BCUT2D eigenvalue weighted by Gasteiger charge is 2.41. The van der Waals surface area contributed by atoms with E-state index in [1.54, 1.807) is 0 Å². The fourth-order valence-electron chi connectivity index (χ4n) is 5.56. The zero-order valence-electron chi connectivity index (χ0n) is 16.4. The number of aromatic nitrogens is 1. The van der Waals surface area contributed by atoms with Gasteiger partial charge in [0.15, 0.2) is 5.78 Å². The van der Waals surface area contributed by atoms with Crippen LogP contribution in [-0.4, -0.2) is 72.6 Å². The Balaban J connectivity index is 1.41. The summed E-state index contributed by atoms with van der Waals surface area (Å²) in [4.78, 5) is 17.8. The summed E-state index contributed by atoms with van der Waals surface area (Å²) >= 11 is 0. The Kier molecular flexibility index (Phi) is 4.34. The van der Waals surface area contributed by atoms with E-state index in [4.69, 9.17) is 4.74 Å². The number of rotatable bonds is 3. The van der Waals surface area contributed by atoms with Crippen molar-refractivity contribution in [1.82, 2.24) is 14.4 Å². The van der Waals surface area contributed by atoms with E-state index in [2.05, 4.69) is 52.9 Å². The molecule has 27 heavy (non-hydrogen) atoms. The fraction of sp³-hybridized carbons (Fsp3) is 0.591. The summed E-state index contributed by atoms with van der Waals surface area (Å²) in [6, 6.07) is 7.21. The number of hydrogen-bond donors (Lipinski definition) is 0. The van der Waals surface area contributed by atoms with E-state index < -0.39 is 0 Å². The molecule has 5 nitrogen and oxygen atoms in total. The molecule has 5 rings (SSSR count). The van der Waals surface area contributed by atoms with Crippen LogP contribution < -0.4 is 0 Å². The number of ketones is 1. The van der Waals surface area contributed by atoms with Gasteiger partial charge in [0.25, 0.3) is 0 Å². The van der Waals surface area contributed by atoms with Gasteiger partial charge >= 0.3 is 0 Å². The highest BCUT2D eigenvalue weighted by atomic mass is 16.5. The van der Waals surface area contributed by atoms with Crippen molar-refractivity contribution in [2.45, 2.75) is 24.8 Å². The molecule has 3 aliphatic rings. The molecule has 3 heterocycles. The maximum atomic E-state index is 13.1. The number of carbonyl (C=O) groups is 1. The van der Waals surface area contributed by atoms with E-state index in [1.807, 2.05) is 0 Å². The molecule has 3 atom stereocenters. The van der Waals surface area contributed by atoms with Crippen LogP contribution in [0, 0.1) is 5.92 Å². The number of fused-ring (bicyclic) bond motifs is 2. The number of likely N-dealkylation sites (N-methyl/N-ethyl adjacent to an activating group) is 1. The van der Waals surface area contributed by atoms with Gasteiger partial charge in [-0.25, -0.2) is 0 Å². The number of aryl methyl sites for hydroxylation is 1. The Morgan fingerprint density at radius 3 is 2.85 bits per heavy atom. The minimum absolute atomic E-state index is 0.139. The Hall–Kier alpha value is -1.69. The van der Waals surface area contributed by atoms with Crippen molar-refractivity contribution in [3.05, 3.63) is 35.5 Å². The molecule has 1 aromatic heterocycles. The van der Waals surface area contributed by atoms with Crippen LogP contribution in [0.5, 0.6) is 0 Å². The third-order valence-electron chi connectivity index (χ3n) is 6.97. The summed E-state index contributed by atoms with van der Waals surface area (Å²) in [7, 11) is 4.35. The lowest BCUT2D eigenvalue weighted by atomic mass is 9.71. The number of likely N-dealkylation sites (tertiary alicyclic amines) is 1. The van der Waals surface area contributed by atoms with Crippen LogP contribution in [0.3, 0.4) is 0 Å². The molecule has 0 unspecified atom stereocenters. The number of morpholine rings is 1. The van der Waals surface area contributed by atoms with Crippen molar-refractivity contribution in [1.29, 1.82) is 0 Å². The van der Waals surface area contributed by atoms with Gasteiger partial charge in [-0.2, -0.15) is 0 Å². The SMILES string of the molecule is CN1C[C@H](C(=O)CN2CCOCC2)C[C@@H]2c3cccc4c3c(cn4C)C[C@H]21. The molecule has 0 saturated carbocycles. The van der Waals surface area contributed by atoms with Crippen LogP contribution in [0.2, 0.25) is 0 Å². The minimum Gasteiger partial charge on any atom is -0.379 e. The average Bonchev–Trinajstić information content (AvgIpc) is 3.00. The van der Waals surface area contributed by atoms with Crippen LogP contribution in [0.25, 0.3) is 10.9 Å². The van der Waals surface area contributed by atoms with E-state index >= 15 is 0 Å². The monoisotopic (exact) mass is 367 g/mol.